The molecule has 0 spiro atoms. The molecule has 0 saturated heterocycles. The maximum Gasteiger partial charge on any atom is 0.185 e. The van der Waals surface area contributed by atoms with Gasteiger partial charge in [-0.3, -0.25) is 4.79 Å². The van der Waals surface area contributed by atoms with Crippen LogP contribution in [0.2, 0.25) is 0 Å². The number of para-hydroxylation sites is 2. The molecule has 0 amide bonds. The van der Waals surface area contributed by atoms with Gasteiger partial charge in [0.05, 0.1) is 14.2 Å². The highest BCUT2D eigenvalue weighted by Gasteiger charge is 2.21. The molecule has 1 fully saturated rings. The minimum absolute atomic E-state index is 0.00815. The van der Waals surface area contributed by atoms with Crippen LogP contribution in [0.4, 0.5) is 8.78 Å². The monoisotopic (exact) mass is 582 g/mol. The number of allylic oxidation sites excluding steroid dienone is 2. The molecule has 0 heterocycles. The summed E-state index contributed by atoms with van der Waals surface area (Å²) < 4.78 is 50.5. The minimum atomic E-state index is -0.437. The summed E-state index contributed by atoms with van der Waals surface area (Å²) in [6.07, 6.45) is 5.94. The smallest absolute Gasteiger partial charge is 0.185 e. The van der Waals surface area contributed by atoms with E-state index in [1.165, 1.54) is 12.1 Å². The van der Waals surface area contributed by atoms with Gasteiger partial charge in [-0.1, -0.05) is 36.4 Å². The molecule has 0 atom stereocenters. The Labute approximate surface area is 250 Å². The first-order valence-corrected chi connectivity index (χ1v) is 14.0. The Balaban J connectivity index is 1.34. The quantitative estimate of drug-likeness (QED) is 0.176. The second kappa shape index (κ2) is 13.8. The fraction of sp³-hybridized carbons (Fsp3) is 0.194. The van der Waals surface area contributed by atoms with Crippen molar-refractivity contribution in [2.24, 2.45) is 0 Å². The zero-order chi connectivity index (χ0) is 30.2. The summed E-state index contributed by atoms with van der Waals surface area (Å²) >= 11 is 0. The number of hydrogen-bond donors (Lipinski definition) is 0. The van der Waals surface area contributed by atoms with Crippen molar-refractivity contribution in [1.82, 2.24) is 0 Å². The number of methoxy groups -OCH3 is 2. The van der Waals surface area contributed by atoms with Crippen LogP contribution in [0.5, 0.6) is 23.0 Å². The van der Waals surface area contributed by atoms with Crippen molar-refractivity contribution >= 4 is 17.9 Å². The van der Waals surface area contributed by atoms with Gasteiger partial charge < -0.3 is 18.9 Å². The normalized spacial score (nSPS) is 15.0. The maximum absolute atomic E-state index is 14.0. The zero-order valence-corrected chi connectivity index (χ0v) is 24.1. The van der Waals surface area contributed by atoms with E-state index in [9.17, 15) is 13.6 Å². The minimum Gasteiger partial charge on any atom is -0.496 e. The lowest BCUT2D eigenvalue weighted by Gasteiger charge is -2.18. The average Bonchev–Trinajstić information content (AvgIpc) is 3.02. The van der Waals surface area contributed by atoms with Gasteiger partial charge in [-0.2, -0.15) is 0 Å². The predicted molar refractivity (Wildman–Crippen MR) is 162 cm³/mol. The molecule has 7 heteroatoms. The molecule has 5 rings (SSSR count). The van der Waals surface area contributed by atoms with Crippen molar-refractivity contribution < 1.29 is 32.5 Å². The molecule has 0 aliphatic heterocycles. The van der Waals surface area contributed by atoms with E-state index in [-0.39, 0.29) is 30.5 Å². The van der Waals surface area contributed by atoms with Gasteiger partial charge >= 0.3 is 0 Å². The van der Waals surface area contributed by atoms with Crippen LogP contribution in [0.3, 0.4) is 0 Å². The first kappa shape index (κ1) is 29.6. The largest absolute Gasteiger partial charge is 0.496 e. The van der Waals surface area contributed by atoms with E-state index < -0.39 is 11.6 Å². The summed E-state index contributed by atoms with van der Waals surface area (Å²) in [5.74, 6) is 0.664. The Morgan fingerprint density at radius 3 is 1.49 bits per heavy atom. The molecule has 220 valence electrons. The van der Waals surface area contributed by atoms with Crippen molar-refractivity contribution in [3.8, 4) is 23.0 Å². The van der Waals surface area contributed by atoms with E-state index in [1.807, 2.05) is 48.6 Å². The molecule has 0 unspecified atom stereocenters. The highest BCUT2D eigenvalue weighted by molar-refractivity contribution is 6.14. The average molecular weight is 583 g/mol. The van der Waals surface area contributed by atoms with E-state index in [2.05, 4.69) is 0 Å². The SMILES string of the molecule is COc1ccc(/C=C2/CCC/C(=C\c3ccc(OC)c(COc4ccccc4F)c3)C2=O)cc1COc1ccccc1F. The molecular formula is C36H32F2O5. The number of halogens is 2. The van der Waals surface area contributed by atoms with E-state index in [0.29, 0.717) is 35.5 Å². The molecule has 43 heavy (non-hydrogen) atoms. The van der Waals surface area contributed by atoms with Crippen LogP contribution in [0.25, 0.3) is 12.2 Å². The molecule has 0 N–H and O–H groups in total. The van der Waals surface area contributed by atoms with Gasteiger partial charge in [0.15, 0.2) is 28.9 Å². The highest BCUT2D eigenvalue weighted by Crippen LogP contribution is 2.31. The number of Topliss-reactive ketones (excluding diaryl/α,β-unsaturated/α-hetero) is 1. The van der Waals surface area contributed by atoms with Crippen molar-refractivity contribution in [2.75, 3.05) is 14.2 Å². The first-order valence-electron chi connectivity index (χ1n) is 14.0. The Morgan fingerprint density at radius 1 is 0.628 bits per heavy atom. The van der Waals surface area contributed by atoms with Gasteiger partial charge in [-0.05, 0) is 91.1 Å². The molecular weight excluding hydrogens is 550 g/mol. The van der Waals surface area contributed by atoms with E-state index >= 15 is 0 Å². The number of hydrogen-bond acceptors (Lipinski definition) is 5. The molecule has 5 nitrogen and oxygen atoms in total. The molecule has 4 aromatic rings. The topological polar surface area (TPSA) is 54.0 Å². The molecule has 4 aromatic carbocycles. The van der Waals surface area contributed by atoms with Crippen molar-refractivity contribution in [2.45, 2.75) is 32.5 Å². The second-order valence-corrected chi connectivity index (χ2v) is 10.1. The van der Waals surface area contributed by atoms with E-state index in [1.54, 1.807) is 50.6 Å². The lowest BCUT2D eigenvalue weighted by atomic mass is 9.86. The van der Waals surface area contributed by atoms with Crippen molar-refractivity contribution in [3.05, 3.63) is 130 Å². The first-order chi connectivity index (χ1) is 20.9. The van der Waals surface area contributed by atoms with Crippen LogP contribution in [0.15, 0.2) is 96.1 Å². The van der Waals surface area contributed by atoms with E-state index in [4.69, 9.17) is 18.9 Å². The van der Waals surface area contributed by atoms with Crippen molar-refractivity contribution in [3.63, 3.8) is 0 Å². The molecule has 0 aromatic heterocycles. The molecule has 0 bridgehead atoms. The fourth-order valence-electron chi connectivity index (χ4n) is 5.02. The Morgan fingerprint density at radius 2 is 1.07 bits per heavy atom. The van der Waals surface area contributed by atoms with E-state index in [0.717, 1.165) is 28.7 Å². The number of benzene rings is 4. The summed E-state index contributed by atoms with van der Waals surface area (Å²) in [5.41, 5.74) is 4.55. The Hall–Kier alpha value is -4.91. The third-order valence-corrected chi connectivity index (χ3v) is 7.21. The standard InChI is InChI=1S/C36H32F2O5/c1-40-32-16-14-24(20-28(32)22-42-34-12-5-3-10-30(34)37)18-26-8-7-9-27(36(26)39)19-25-15-17-33(41-2)29(21-25)23-43-35-13-6-4-11-31(35)38/h3-6,10-21H,7-9,22-23H2,1-2H3/b26-18-,27-19+. The number of carbonyl (C=O) groups excluding carboxylic acids is 1. The van der Waals surface area contributed by atoms with Crippen LogP contribution < -0.4 is 18.9 Å². The van der Waals surface area contributed by atoms with Crippen LogP contribution in [-0.2, 0) is 18.0 Å². The number of rotatable bonds is 10. The molecule has 0 radical (unpaired) electrons. The second-order valence-electron chi connectivity index (χ2n) is 10.1. The fourth-order valence-corrected chi connectivity index (χ4v) is 5.02. The van der Waals surface area contributed by atoms with Crippen LogP contribution in [0.1, 0.15) is 41.5 Å². The van der Waals surface area contributed by atoms with Gasteiger partial charge in [0.25, 0.3) is 0 Å². The van der Waals surface area contributed by atoms with Crippen molar-refractivity contribution in [1.29, 1.82) is 0 Å². The third-order valence-electron chi connectivity index (χ3n) is 7.21. The summed E-state index contributed by atoms with van der Waals surface area (Å²) in [6, 6.07) is 23.7. The molecule has 1 aliphatic carbocycles. The highest BCUT2D eigenvalue weighted by atomic mass is 19.1. The lowest BCUT2D eigenvalue weighted by molar-refractivity contribution is -0.112. The summed E-state index contributed by atoms with van der Waals surface area (Å²) in [6.45, 7) is 0.224. The van der Waals surface area contributed by atoms with Gasteiger partial charge in [0, 0.05) is 22.3 Å². The van der Waals surface area contributed by atoms with Gasteiger partial charge in [0.1, 0.15) is 24.7 Å². The lowest BCUT2D eigenvalue weighted by Crippen LogP contribution is -2.12. The molecule has 1 saturated carbocycles. The summed E-state index contributed by atoms with van der Waals surface area (Å²) in [7, 11) is 3.14. The van der Waals surface area contributed by atoms with Crippen LogP contribution >= 0.6 is 0 Å². The maximum atomic E-state index is 14.0. The number of ketones is 1. The predicted octanol–water partition coefficient (Wildman–Crippen LogP) is 8.36. The van der Waals surface area contributed by atoms with Crippen LogP contribution in [0, 0.1) is 11.6 Å². The van der Waals surface area contributed by atoms with Crippen LogP contribution in [-0.4, -0.2) is 20.0 Å². The number of carbonyl (C=O) groups is 1. The Bertz CT molecular complexity index is 1550. The third kappa shape index (κ3) is 7.30. The van der Waals surface area contributed by atoms with Gasteiger partial charge in [-0.15, -0.1) is 0 Å². The Kier molecular flexibility index (Phi) is 9.52. The van der Waals surface area contributed by atoms with Gasteiger partial charge in [-0.25, -0.2) is 8.78 Å². The summed E-state index contributed by atoms with van der Waals surface area (Å²) in [5, 5.41) is 0. The van der Waals surface area contributed by atoms with Gasteiger partial charge in [0.2, 0.25) is 0 Å². The zero-order valence-electron chi connectivity index (χ0n) is 24.1. The molecule has 1 aliphatic rings. The summed E-state index contributed by atoms with van der Waals surface area (Å²) in [4.78, 5) is 13.5. The number of ether oxygens (including phenoxy) is 4.